The molecule has 3 fully saturated rings. The molecule has 4 aliphatic carbocycles. The lowest BCUT2D eigenvalue weighted by atomic mass is 9.48. The van der Waals surface area contributed by atoms with Crippen LogP contribution < -0.4 is 0 Å². The summed E-state index contributed by atoms with van der Waals surface area (Å²) in [7, 11) is 0. The van der Waals surface area contributed by atoms with Crippen molar-refractivity contribution in [2.75, 3.05) is 6.61 Å². The van der Waals surface area contributed by atoms with Crippen molar-refractivity contribution in [3.63, 3.8) is 0 Å². The van der Waals surface area contributed by atoms with Gasteiger partial charge in [0.2, 0.25) is 0 Å². The molecule has 176 valence electrons. The normalized spacial score (nSPS) is 40.3. The summed E-state index contributed by atoms with van der Waals surface area (Å²) in [4.78, 5) is 47.7. The number of rotatable bonds is 4. The largest absolute Gasteiger partial charge is 0.462 e. The molecule has 32 heavy (non-hydrogen) atoms. The van der Waals surface area contributed by atoms with E-state index >= 15 is 0 Å². The molecule has 0 bridgehead atoms. The highest BCUT2D eigenvalue weighted by Crippen LogP contribution is 2.64. The first kappa shape index (κ1) is 23.0. The van der Waals surface area contributed by atoms with Gasteiger partial charge in [-0.3, -0.25) is 14.4 Å². The molecule has 3 saturated carbocycles. The van der Waals surface area contributed by atoms with Gasteiger partial charge in [-0.05, 0) is 61.7 Å². The first-order valence-corrected chi connectivity index (χ1v) is 11.8. The molecule has 0 aliphatic heterocycles. The van der Waals surface area contributed by atoms with E-state index in [-0.39, 0.29) is 29.2 Å². The maximum absolute atomic E-state index is 13.3. The number of ketones is 1. The number of carbonyl (C=O) groups excluding carboxylic acids is 4. The first-order chi connectivity index (χ1) is 15.0. The van der Waals surface area contributed by atoms with E-state index in [0.29, 0.717) is 18.3 Å². The summed E-state index contributed by atoms with van der Waals surface area (Å²) < 4.78 is 15.7. The van der Waals surface area contributed by atoms with Gasteiger partial charge >= 0.3 is 17.9 Å². The third-order valence-electron chi connectivity index (χ3n) is 8.77. The molecule has 0 saturated heterocycles. The van der Waals surface area contributed by atoms with Gasteiger partial charge in [0.25, 0.3) is 0 Å². The van der Waals surface area contributed by atoms with Gasteiger partial charge in [0.15, 0.2) is 18.5 Å². The zero-order chi connectivity index (χ0) is 23.3. The van der Waals surface area contributed by atoms with Crippen molar-refractivity contribution >= 4 is 23.7 Å². The minimum absolute atomic E-state index is 0.00983. The minimum atomic E-state index is -0.760. The second-order valence-electron chi connectivity index (χ2n) is 10.5. The van der Waals surface area contributed by atoms with Crippen LogP contribution in [0, 0.1) is 28.6 Å². The molecule has 0 unspecified atom stereocenters. The van der Waals surface area contributed by atoms with E-state index < -0.39 is 30.1 Å². The summed E-state index contributed by atoms with van der Waals surface area (Å²) in [5.41, 5.74) is 0.978. The number of allylic oxidation sites excluding steroid dienone is 1. The van der Waals surface area contributed by atoms with Gasteiger partial charge in [0, 0.05) is 25.7 Å². The van der Waals surface area contributed by atoms with Crippen LogP contribution in [-0.2, 0) is 33.4 Å². The van der Waals surface area contributed by atoms with Crippen LogP contribution in [0.4, 0.5) is 0 Å². The highest BCUT2D eigenvalue weighted by molar-refractivity contribution is 5.93. The quantitative estimate of drug-likeness (QED) is 0.370. The fourth-order valence-electron chi connectivity index (χ4n) is 7.18. The van der Waals surface area contributed by atoms with Crippen molar-refractivity contribution in [1.29, 1.82) is 0 Å². The van der Waals surface area contributed by atoms with Gasteiger partial charge in [-0.1, -0.05) is 25.5 Å². The Morgan fingerprint density at radius 2 is 1.72 bits per heavy atom. The summed E-state index contributed by atoms with van der Waals surface area (Å²) in [5, 5.41) is 0. The topological polar surface area (TPSA) is 96.0 Å². The molecule has 4 rings (SSSR count). The van der Waals surface area contributed by atoms with Gasteiger partial charge in [-0.2, -0.15) is 0 Å². The van der Waals surface area contributed by atoms with E-state index in [1.807, 2.05) is 6.92 Å². The van der Waals surface area contributed by atoms with Crippen LogP contribution in [0.15, 0.2) is 11.6 Å². The van der Waals surface area contributed by atoms with Crippen LogP contribution in [0.3, 0.4) is 0 Å². The molecule has 0 aromatic carbocycles. The van der Waals surface area contributed by atoms with E-state index in [9.17, 15) is 19.2 Å². The molecule has 0 aromatic rings. The van der Waals surface area contributed by atoms with Crippen LogP contribution in [-0.4, -0.2) is 42.5 Å². The van der Waals surface area contributed by atoms with Gasteiger partial charge in [0.05, 0.1) is 0 Å². The zero-order valence-corrected chi connectivity index (χ0v) is 19.5. The molecule has 7 heteroatoms. The Labute approximate surface area is 189 Å². The smallest absolute Gasteiger partial charge is 0.344 e. The van der Waals surface area contributed by atoms with Gasteiger partial charge in [-0.25, -0.2) is 4.79 Å². The first-order valence-electron chi connectivity index (χ1n) is 11.8. The Bertz CT molecular complexity index is 860. The zero-order valence-electron chi connectivity index (χ0n) is 19.5. The van der Waals surface area contributed by atoms with E-state index in [1.165, 1.54) is 19.4 Å². The molecule has 0 amide bonds. The molecule has 7 nitrogen and oxygen atoms in total. The Morgan fingerprint density at radius 3 is 2.41 bits per heavy atom. The third-order valence-corrected chi connectivity index (χ3v) is 8.77. The van der Waals surface area contributed by atoms with E-state index in [1.54, 1.807) is 0 Å². The Morgan fingerprint density at radius 1 is 1.00 bits per heavy atom. The molecule has 0 spiro atoms. The number of Topliss-reactive ketones (excluding diaryl/α,β-unsaturated/α-hetero) is 1. The fourth-order valence-corrected chi connectivity index (χ4v) is 7.18. The Kier molecular flexibility index (Phi) is 5.97. The average molecular weight is 447 g/mol. The summed E-state index contributed by atoms with van der Waals surface area (Å²) in [6, 6.07) is 0. The number of esters is 3. The van der Waals surface area contributed by atoms with Gasteiger partial charge in [-0.15, -0.1) is 0 Å². The van der Waals surface area contributed by atoms with Crippen LogP contribution in [0.2, 0.25) is 0 Å². The SMILES string of the molecule is CC(=O)OCC(=O)O[C@H]1C[C@H]2[C@@H]3CC=C4C[C@@H](OC(C)=O)CC[C@]4(C)[C@H]3CC[C@]2(C)C1=O. The van der Waals surface area contributed by atoms with Crippen LogP contribution in [0.5, 0.6) is 0 Å². The number of hydrogen-bond donors (Lipinski definition) is 0. The van der Waals surface area contributed by atoms with Crippen molar-refractivity contribution in [3.8, 4) is 0 Å². The van der Waals surface area contributed by atoms with Crippen LogP contribution >= 0.6 is 0 Å². The van der Waals surface area contributed by atoms with Crippen molar-refractivity contribution in [1.82, 2.24) is 0 Å². The molecule has 4 aliphatic rings. The second-order valence-corrected chi connectivity index (χ2v) is 10.5. The van der Waals surface area contributed by atoms with Gasteiger partial charge < -0.3 is 14.2 Å². The average Bonchev–Trinajstić information content (AvgIpc) is 2.97. The Balaban J connectivity index is 1.50. The van der Waals surface area contributed by atoms with Crippen molar-refractivity contribution in [2.45, 2.75) is 84.8 Å². The van der Waals surface area contributed by atoms with E-state index in [0.717, 1.165) is 38.5 Å². The highest BCUT2D eigenvalue weighted by Gasteiger charge is 2.62. The maximum Gasteiger partial charge on any atom is 0.344 e. The lowest BCUT2D eigenvalue weighted by Crippen LogP contribution is -2.50. The number of ether oxygens (including phenoxy) is 3. The van der Waals surface area contributed by atoms with Crippen molar-refractivity contribution in [3.05, 3.63) is 11.6 Å². The van der Waals surface area contributed by atoms with Gasteiger partial charge in [0.1, 0.15) is 6.10 Å². The summed E-state index contributed by atoms with van der Waals surface area (Å²) in [5.74, 6) is -0.420. The lowest BCUT2D eigenvalue weighted by Gasteiger charge is -2.56. The molecule has 7 atom stereocenters. The van der Waals surface area contributed by atoms with E-state index in [4.69, 9.17) is 14.2 Å². The molecule has 0 N–H and O–H groups in total. The maximum atomic E-state index is 13.3. The van der Waals surface area contributed by atoms with Crippen molar-refractivity contribution < 1.29 is 33.4 Å². The fraction of sp³-hybridized carbons (Fsp3) is 0.760. The molecular formula is C25H34O7. The monoisotopic (exact) mass is 446 g/mol. The second kappa shape index (κ2) is 8.31. The lowest BCUT2D eigenvalue weighted by molar-refractivity contribution is -0.163. The molecular weight excluding hydrogens is 412 g/mol. The van der Waals surface area contributed by atoms with Crippen LogP contribution in [0.25, 0.3) is 0 Å². The number of fused-ring (bicyclic) bond motifs is 5. The number of hydrogen-bond acceptors (Lipinski definition) is 7. The summed E-state index contributed by atoms with van der Waals surface area (Å²) >= 11 is 0. The predicted molar refractivity (Wildman–Crippen MR) is 114 cm³/mol. The van der Waals surface area contributed by atoms with Crippen LogP contribution in [0.1, 0.15) is 72.6 Å². The van der Waals surface area contributed by atoms with Crippen molar-refractivity contribution in [2.24, 2.45) is 28.6 Å². The van der Waals surface area contributed by atoms with E-state index in [2.05, 4.69) is 13.0 Å². The molecule has 0 heterocycles. The Hall–Kier alpha value is -2.18. The standard InChI is InChI=1S/C25H34O7/c1-14(26)30-13-22(28)32-21-12-20-18-6-5-16-11-17(31-15(2)27)7-9-24(16,3)19(18)8-10-25(20,4)23(21)29/h5,17-21H,6-13H2,1-4H3/t17-,18+,19-,20-,21-,24-,25-/m0/s1. The summed E-state index contributed by atoms with van der Waals surface area (Å²) in [6.07, 6.45) is 7.40. The number of carbonyl (C=O) groups is 4. The summed E-state index contributed by atoms with van der Waals surface area (Å²) in [6.45, 7) is 6.62. The minimum Gasteiger partial charge on any atom is -0.462 e. The highest BCUT2D eigenvalue weighted by atomic mass is 16.6. The predicted octanol–water partition coefficient (Wildman–Crippen LogP) is 3.53. The third kappa shape index (κ3) is 3.88. The molecule has 0 aromatic heterocycles. The molecule has 0 radical (unpaired) electrons.